The monoisotopic (exact) mass is 306 g/mol. The lowest BCUT2D eigenvalue weighted by atomic mass is 9.92. The lowest BCUT2D eigenvalue weighted by Crippen LogP contribution is -2.43. The van der Waals surface area contributed by atoms with Crippen LogP contribution in [0.25, 0.3) is 0 Å². The van der Waals surface area contributed by atoms with E-state index in [1.165, 1.54) is 0 Å². The summed E-state index contributed by atoms with van der Waals surface area (Å²) < 4.78 is 0. The van der Waals surface area contributed by atoms with Gasteiger partial charge in [0.2, 0.25) is 0 Å². The standard InChI is InChI=1S/C16H26N4O2/c1-11(21)12-7-9-20(10-8-12)15(22)17-14-6-5-13(18-19-14)16(2,3)4/h5-6,11-12,21H,7-10H2,1-4H3,(H,17,19,22). The van der Waals surface area contributed by atoms with Gasteiger partial charge in [0.05, 0.1) is 11.8 Å². The maximum atomic E-state index is 12.2. The molecule has 2 heterocycles. The van der Waals surface area contributed by atoms with Crippen molar-refractivity contribution in [2.75, 3.05) is 18.4 Å². The molecule has 1 saturated heterocycles. The van der Waals surface area contributed by atoms with Crippen LogP contribution < -0.4 is 5.32 Å². The minimum Gasteiger partial charge on any atom is -0.393 e. The van der Waals surface area contributed by atoms with Crippen LogP contribution in [0.5, 0.6) is 0 Å². The number of amides is 2. The fraction of sp³-hybridized carbons (Fsp3) is 0.688. The third-order valence-corrected chi connectivity index (χ3v) is 4.18. The van der Waals surface area contributed by atoms with Crippen LogP contribution in [-0.4, -0.2) is 45.4 Å². The second-order valence-electron chi connectivity index (χ2n) is 7.05. The number of nitrogens with zero attached hydrogens (tertiary/aromatic N) is 3. The average Bonchev–Trinajstić information content (AvgIpc) is 2.47. The van der Waals surface area contributed by atoms with Crippen LogP contribution in [-0.2, 0) is 5.41 Å². The van der Waals surface area contributed by atoms with E-state index in [1.54, 1.807) is 11.0 Å². The zero-order chi connectivity index (χ0) is 16.3. The van der Waals surface area contributed by atoms with Crippen molar-refractivity contribution >= 4 is 11.8 Å². The number of aliphatic hydroxyl groups excluding tert-OH is 1. The highest BCUT2D eigenvalue weighted by Crippen LogP contribution is 2.22. The second kappa shape index (κ2) is 6.60. The van der Waals surface area contributed by atoms with E-state index in [0.29, 0.717) is 18.9 Å². The maximum absolute atomic E-state index is 12.2. The van der Waals surface area contributed by atoms with Gasteiger partial charge in [-0.1, -0.05) is 20.8 Å². The zero-order valence-corrected chi connectivity index (χ0v) is 13.8. The van der Waals surface area contributed by atoms with Crippen molar-refractivity contribution in [2.24, 2.45) is 5.92 Å². The summed E-state index contributed by atoms with van der Waals surface area (Å²) in [6.07, 6.45) is 1.36. The highest BCUT2D eigenvalue weighted by atomic mass is 16.3. The largest absolute Gasteiger partial charge is 0.393 e. The summed E-state index contributed by atoms with van der Waals surface area (Å²) in [5.74, 6) is 0.755. The number of aromatic nitrogens is 2. The molecule has 0 aromatic carbocycles. The zero-order valence-electron chi connectivity index (χ0n) is 13.8. The van der Waals surface area contributed by atoms with E-state index in [4.69, 9.17) is 0 Å². The number of piperidine rings is 1. The number of aliphatic hydroxyl groups is 1. The Kier molecular flexibility index (Phi) is 5.01. The predicted octanol–water partition coefficient (Wildman–Crippen LogP) is 2.40. The molecule has 1 aliphatic rings. The van der Waals surface area contributed by atoms with Gasteiger partial charge in [-0.2, -0.15) is 5.10 Å². The number of hydrogen-bond donors (Lipinski definition) is 2. The van der Waals surface area contributed by atoms with Gasteiger partial charge in [0.25, 0.3) is 0 Å². The van der Waals surface area contributed by atoms with Gasteiger partial charge in [-0.05, 0) is 37.8 Å². The van der Waals surface area contributed by atoms with E-state index in [1.807, 2.05) is 13.0 Å². The van der Waals surface area contributed by atoms with Gasteiger partial charge in [0.1, 0.15) is 0 Å². The fourth-order valence-electron chi connectivity index (χ4n) is 2.57. The van der Waals surface area contributed by atoms with Gasteiger partial charge >= 0.3 is 6.03 Å². The molecule has 6 heteroatoms. The van der Waals surface area contributed by atoms with Crippen molar-refractivity contribution in [3.05, 3.63) is 17.8 Å². The number of carbonyl (C=O) groups excluding carboxylic acids is 1. The number of nitrogens with one attached hydrogen (secondary N) is 1. The summed E-state index contributed by atoms with van der Waals surface area (Å²) in [5, 5.41) is 20.6. The molecule has 0 bridgehead atoms. The summed E-state index contributed by atoms with van der Waals surface area (Å²) in [5.41, 5.74) is 0.835. The number of likely N-dealkylation sites (tertiary alicyclic amines) is 1. The Bertz CT molecular complexity index is 500. The smallest absolute Gasteiger partial charge is 0.323 e. The van der Waals surface area contributed by atoms with Crippen molar-refractivity contribution in [1.29, 1.82) is 0 Å². The molecule has 1 fully saturated rings. The van der Waals surface area contributed by atoms with Gasteiger partial charge < -0.3 is 10.0 Å². The Hall–Kier alpha value is -1.69. The molecule has 122 valence electrons. The molecule has 1 aliphatic heterocycles. The van der Waals surface area contributed by atoms with Crippen LogP contribution in [0, 0.1) is 5.92 Å². The lowest BCUT2D eigenvalue weighted by Gasteiger charge is -2.33. The summed E-state index contributed by atoms with van der Waals surface area (Å²) in [6, 6.07) is 3.53. The van der Waals surface area contributed by atoms with Crippen LogP contribution in [0.15, 0.2) is 12.1 Å². The molecule has 0 radical (unpaired) electrons. The van der Waals surface area contributed by atoms with Crippen molar-refractivity contribution in [1.82, 2.24) is 15.1 Å². The quantitative estimate of drug-likeness (QED) is 0.879. The molecular formula is C16H26N4O2. The van der Waals surface area contributed by atoms with E-state index in [0.717, 1.165) is 18.5 Å². The summed E-state index contributed by atoms with van der Waals surface area (Å²) in [7, 11) is 0. The molecular weight excluding hydrogens is 280 g/mol. The molecule has 1 unspecified atom stereocenters. The molecule has 0 saturated carbocycles. The van der Waals surface area contributed by atoms with E-state index in [-0.39, 0.29) is 23.5 Å². The molecule has 0 aliphatic carbocycles. The first-order valence-electron chi connectivity index (χ1n) is 7.85. The van der Waals surface area contributed by atoms with Crippen LogP contribution in [0.3, 0.4) is 0 Å². The van der Waals surface area contributed by atoms with Crippen LogP contribution in [0.2, 0.25) is 0 Å². The molecule has 6 nitrogen and oxygen atoms in total. The first kappa shape index (κ1) is 16.7. The Balaban J connectivity index is 1.90. The normalized spacial score (nSPS) is 18.1. The highest BCUT2D eigenvalue weighted by molar-refractivity contribution is 5.88. The Morgan fingerprint density at radius 1 is 1.32 bits per heavy atom. The second-order valence-corrected chi connectivity index (χ2v) is 7.05. The Morgan fingerprint density at radius 3 is 2.41 bits per heavy atom. The number of urea groups is 1. The molecule has 2 N–H and O–H groups in total. The van der Waals surface area contributed by atoms with Crippen molar-refractivity contribution in [2.45, 2.75) is 52.1 Å². The highest BCUT2D eigenvalue weighted by Gasteiger charge is 2.25. The van der Waals surface area contributed by atoms with Gasteiger partial charge in [-0.15, -0.1) is 5.10 Å². The molecule has 2 amide bonds. The van der Waals surface area contributed by atoms with Gasteiger partial charge in [-0.3, -0.25) is 5.32 Å². The average molecular weight is 306 g/mol. The summed E-state index contributed by atoms with van der Waals surface area (Å²) >= 11 is 0. The molecule has 1 aromatic heterocycles. The fourth-order valence-corrected chi connectivity index (χ4v) is 2.57. The van der Waals surface area contributed by atoms with Crippen molar-refractivity contribution in [3.8, 4) is 0 Å². The number of anilines is 1. The first-order chi connectivity index (χ1) is 10.3. The van der Waals surface area contributed by atoms with Crippen molar-refractivity contribution in [3.63, 3.8) is 0 Å². The third kappa shape index (κ3) is 4.16. The van der Waals surface area contributed by atoms with Crippen LogP contribution in [0.1, 0.15) is 46.2 Å². The summed E-state index contributed by atoms with van der Waals surface area (Å²) in [6.45, 7) is 9.35. The van der Waals surface area contributed by atoms with Crippen LogP contribution >= 0.6 is 0 Å². The maximum Gasteiger partial charge on any atom is 0.323 e. The van der Waals surface area contributed by atoms with Gasteiger partial charge in [0.15, 0.2) is 5.82 Å². The van der Waals surface area contributed by atoms with Crippen LogP contribution in [0.4, 0.5) is 10.6 Å². The molecule has 0 spiro atoms. The lowest BCUT2D eigenvalue weighted by molar-refractivity contribution is 0.0820. The molecule has 2 rings (SSSR count). The molecule has 22 heavy (non-hydrogen) atoms. The van der Waals surface area contributed by atoms with Gasteiger partial charge in [0, 0.05) is 18.5 Å². The first-order valence-corrected chi connectivity index (χ1v) is 7.85. The number of rotatable bonds is 2. The minimum absolute atomic E-state index is 0.0571. The topological polar surface area (TPSA) is 78.4 Å². The predicted molar refractivity (Wildman–Crippen MR) is 85.7 cm³/mol. The Labute approximate surface area is 131 Å². The van der Waals surface area contributed by atoms with E-state index in [9.17, 15) is 9.90 Å². The van der Waals surface area contributed by atoms with E-state index < -0.39 is 0 Å². The number of carbonyl (C=O) groups is 1. The third-order valence-electron chi connectivity index (χ3n) is 4.18. The Morgan fingerprint density at radius 2 is 1.95 bits per heavy atom. The molecule has 1 atom stereocenters. The summed E-state index contributed by atoms with van der Waals surface area (Å²) in [4.78, 5) is 14.0. The van der Waals surface area contributed by atoms with Gasteiger partial charge in [-0.25, -0.2) is 4.79 Å². The van der Waals surface area contributed by atoms with Crippen molar-refractivity contribution < 1.29 is 9.90 Å². The minimum atomic E-state index is -0.305. The van der Waals surface area contributed by atoms with E-state index >= 15 is 0 Å². The SMILES string of the molecule is CC(O)C1CCN(C(=O)Nc2ccc(C(C)(C)C)nn2)CC1. The molecule has 1 aromatic rings. The van der Waals surface area contributed by atoms with E-state index in [2.05, 4.69) is 36.3 Å². The number of hydrogen-bond acceptors (Lipinski definition) is 4.